The van der Waals surface area contributed by atoms with Crippen LogP contribution < -0.4 is 5.32 Å². The third-order valence-electron chi connectivity index (χ3n) is 2.49. The minimum absolute atomic E-state index is 0.187. The molecule has 1 N–H and O–H groups in total. The molecule has 2 amide bonds. The monoisotopic (exact) mass is 295 g/mol. The first-order valence-corrected chi connectivity index (χ1v) is 6.99. The lowest BCUT2D eigenvalue weighted by atomic mass is 10.3. The number of carbonyl (C=O) groups is 1. The number of nitrogens with zero attached hydrogens (tertiary/aromatic N) is 2. The second-order valence-electron chi connectivity index (χ2n) is 4.15. The first kappa shape index (κ1) is 13.8. The highest BCUT2D eigenvalue weighted by atomic mass is 35.5. The molecule has 0 spiro atoms. The maximum absolute atomic E-state index is 12.0. The van der Waals surface area contributed by atoms with Crippen molar-refractivity contribution in [3.8, 4) is 0 Å². The van der Waals surface area contributed by atoms with Gasteiger partial charge in [-0.25, -0.2) is 9.78 Å². The third-order valence-corrected chi connectivity index (χ3v) is 3.55. The molecule has 0 aliphatic rings. The fraction of sp³-hybridized carbons (Fsp3) is 0.231. The van der Waals surface area contributed by atoms with Crippen molar-refractivity contribution in [3.05, 3.63) is 45.4 Å². The van der Waals surface area contributed by atoms with Crippen molar-refractivity contribution < 1.29 is 4.79 Å². The second-order valence-corrected chi connectivity index (χ2v) is 5.65. The zero-order chi connectivity index (χ0) is 13.8. The first-order chi connectivity index (χ1) is 9.04. The molecule has 0 atom stereocenters. The highest BCUT2D eigenvalue weighted by Crippen LogP contribution is 2.16. The quantitative estimate of drug-likeness (QED) is 0.937. The summed E-state index contributed by atoms with van der Waals surface area (Å²) in [6.07, 6.45) is 0. The van der Waals surface area contributed by atoms with E-state index in [1.165, 1.54) is 0 Å². The second kappa shape index (κ2) is 6.04. The minimum Gasteiger partial charge on any atom is -0.322 e. The summed E-state index contributed by atoms with van der Waals surface area (Å²) in [5.74, 6) is 0. The highest BCUT2D eigenvalue weighted by molar-refractivity contribution is 7.09. The van der Waals surface area contributed by atoms with Crippen molar-refractivity contribution in [2.45, 2.75) is 13.5 Å². The topological polar surface area (TPSA) is 45.2 Å². The minimum atomic E-state index is -0.187. The molecule has 0 bridgehead atoms. The Balaban J connectivity index is 1.96. The molecule has 2 rings (SSSR count). The molecule has 0 aliphatic carbocycles. The van der Waals surface area contributed by atoms with E-state index in [1.54, 1.807) is 47.5 Å². The van der Waals surface area contributed by atoms with Crippen LogP contribution in [0.2, 0.25) is 5.02 Å². The normalized spacial score (nSPS) is 10.3. The van der Waals surface area contributed by atoms with Crippen LogP contribution in [0, 0.1) is 6.92 Å². The number of rotatable bonds is 3. The van der Waals surface area contributed by atoms with Crippen LogP contribution in [0.15, 0.2) is 29.6 Å². The molecule has 0 saturated carbocycles. The molecule has 19 heavy (non-hydrogen) atoms. The molecule has 0 aliphatic heterocycles. The van der Waals surface area contributed by atoms with Crippen molar-refractivity contribution in [2.24, 2.45) is 0 Å². The molecule has 1 aromatic heterocycles. The van der Waals surface area contributed by atoms with E-state index < -0.39 is 0 Å². The van der Waals surface area contributed by atoms with Gasteiger partial charge in [0.05, 0.1) is 17.2 Å². The standard InChI is InChI=1S/C13H14ClN3OS/c1-9-15-12(8-19-9)7-17(2)13(18)16-11-5-3-4-10(14)6-11/h3-6,8H,7H2,1-2H3,(H,16,18). The van der Waals surface area contributed by atoms with Gasteiger partial charge in [-0.15, -0.1) is 11.3 Å². The van der Waals surface area contributed by atoms with E-state index in [2.05, 4.69) is 10.3 Å². The molecule has 1 aromatic carbocycles. The Morgan fingerprint density at radius 3 is 2.95 bits per heavy atom. The van der Waals surface area contributed by atoms with Crippen LogP contribution in [0.5, 0.6) is 0 Å². The van der Waals surface area contributed by atoms with Gasteiger partial charge in [0, 0.05) is 23.1 Å². The van der Waals surface area contributed by atoms with Gasteiger partial charge >= 0.3 is 6.03 Å². The molecule has 0 unspecified atom stereocenters. The SMILES string of the molecule is Cc1nc(CN(C)C(=O)Nc2cccc(Cl)c2)cs1. The van der Waals surface area contributed by atoms with Crippen molar-refractivity contribution in [3.63, 3.8) is 0 Å². The van der Waals surface area contributed by atoms with Crippen LogP contribution in [-0.2, 0) is 6.54 Å². The number of urea groups is 1. The Bertz CT molecular complexity index is 585. The van der Waals surface area contributed by atoms with Gasteiger partial charge in [-0.05, 0) is 25.1 Å². The van der Waals surface area contributed by atoms with E-state index >= 15 is 0 Å². The van der Waals surface area contributed by atoms with E-state index in [4.69, 9.17) is 11.6 Å². The number of thiazole rings is 1. The van der Waals surface area contributed by atoms with Crippen LogP contribution in [0.1, 0.15) is 10.7 Å². The van der Waals surface area contributed by atoms with Gasteiger partial charge in [0.15, 0.2) is 0 Å². The average Bonchev–Trinajstić information content (AvgIpc) is 2.74. The van der Waals surface area contributed by atoms with Crippen molar-refractivity contribution in [1.82, 2.24) is 9.88 Å². The Morgan fingerprint density at radius 1 is 1.53 bits per heavy atom. The van der Waals surface area contributed by atoms with Crippen LogP contribution in [0.25, 0.3) is 0 Å². The summed E-state index contributed by atoms with van der Waals surface area (Å²) in [7, 11) is 1.73. The lowest BCUT2D eigenvalue weighted by Crippen LogP contribution is -2.30. The van der Waals surface area contributed by atoms with Gasteiger partial charge < -0.3 is 10.2 Å². The zero-order valence-corrected chi connectivity index (χ0v) is 12.3. The summed E-state index contributed by atoms with van der Waals surface area (Å²) < 4.78 is 0. The summed E-state index contributed by atoms with van der Waals surface area (Å²) in [6, 6.07) is 6.87. The Morgan fingerprint density at radius 2 is 2.32 bits per heavy atom. The summed E-state index contributed by atoms with van der Waals surface area (Å²) in [4.78, 5) is 17.9. The number of aryl methyl sites for hydroxylation is 1. The maximum Gasteiger partial charge on any atom is 0.321 e. The largest absolute Gasteiger partial charge is 0.322 e. The van der Waals surface area contributed by atoms with Crippen molar-refractivity contribution in [2.75, 3.05) is 12.4 Å². The molecule has 0 fully saturated rings. The van der Waals surface area contributed by atoms with E-state index in [0.717, 1.165) is 10.7 Å². The van der Waals surface area contributed by atoms with Gasteiger partial charge in [0.2, 0.25) is 0 Å². The van der Waals surface area contributed by atoms with Crippen LogP contribution in [0.3, 0.4) is 0 Å². The predicted molar refractivity (Wildman–Crippen MR) is 78.8 cm³/mol. The summed E-state index contributed by atoms with van der Waals surface area (Å²) in [6.45, 7) is 2.43. The lowest BCUT2D eigenvalue weighted by Gasteiger charge is -2.16. The summed E-state index contributed by atoms with van der Waals surface area (Å²) in [5.41, 5.74) is 1.57. The van der Waals surface area contributed by atoms with Crippen LogP contribution >= 0.6 is 22.9 Å². The van der Waals surface area contributed by atoms with Gasteiger partial charge in [-0.3, -0.25) is 0 Å². The molecule has 100 valence electrons. The number of halogens is 1. The van der Waals surface area contributed by atoms with Crippen molar-refractivity contribution in [1.29, 1.82) is 0 Å². The first-order valence-electron chi connectivity index (χ1n) is 5.73. The highest BCUT2D eigenvalue weighted by Gasteiger charge is 2.11. The third kappa shape index (κ3) is 3.94. The molecule has 6 heteroatoms. The average molecular weight is 296 g/mol. The fourth-order valence-corrected chi connectivity index (χ4v) is 2.37. The molecular weight excluding hydrogens is 282 g/mol. The Labute approximate surface area is 121 Å². The lowest BCUT2D eigenvalue weighted by molar-refractivity contribution is 0.220. The van der Waals surface area contributed by atoms with Crippen LogP contribution in [-0.4, -0.2) is 23.0 Å². The van der Waals surface area contributed by atoms with E-state index in [0.29, 0.717) is 17.3 Å². The van der Waals surface area contributed by atoms with Gasteiger partial charge in [-0.1, -0.05) is 17.7 Å². The smallest absolute Gasteiger partial charge is 0.321 e. The molecule has 0 saturated heterocycles. The maximum atomic E-state index is 12.0. The predicted octanol–water partition coefficient (Wildman–Crippen LogP) is 3.77. The van der Waals surface area contributed by atoms with E-state index in [1.807, 2.05) is 12.3 Å². The number of aromatic nitrogens is 1. The van der Waals surface area contributed by atoms with E-state index in [-0.39, 0.29) is 6.03 Å². The number of anilines is 1. The number of benzene rings is 1. The molecule has 2 aromatic rings. The van der Waals surface area contributed by atoms with E-state index in [9.17, 15) is 4.79 Å². The summed E-state index contributed by atoms with van der Waals surface area (Å²) >= 11 is 7.44. The number of hydrogen-bond donors (Lipinski definition) is 1. The molecule has 0 radical (unpaired) electrons. The van der Waals surface area contributed by atoms with Gasteiger partial charge in [0.1, 0.15) is 0 Å². The van der Waals surface area contributed by atoms with Crippen LogP contribution in [0.4, 0.5) is 10.5 Å². The molecule has 4 nitrogen and oxygen atoms in total. The molecule has 1 heterocycles. The van der Waals surface area contributed by atoms with Crippen molar-refractivity contribution >= 4 is 34.7 Å². The summed E-state index contributed by atoms with van der Waals surface area (Å²) in [5, 5.41) is 6.34. The number of carbonyl (C=O) groups excluding carboxylic acids is 1. The molecular formula is C13H14ClN3OS. The Hall–Kier alpha value is -1.59. The number of nitrogens with one attached hydrogen (secondary N) is 1. The zero-order valence-electron chi connectivity index (χ0n) is 10.7. The number of hydrogen-bond acceptors (Lipinski definition) is 3. The number of amides is 2. The Kier molecular flexibility index (Phi) is 4.39. The fourth-order valence-electron chi connectivity index (χ4n) is 1.58. The van der Waals surface area contributed by atoms with Gasteiger partial charge in [0.25, 0.3) is 0 Å². The van der Waals surface area contributed by atoms with Gasteiger partial charge in [-0.2, -0.15) is 0 Å².